The smallest absolute Gasteiger partial charge is 0.222 e. The summed E-state index contributed by atoms with van der Waals surface area (Å²) in [5.74, 6) is 2.17. The number of amides is 1. The van der Waals surface area contributed by atoms with Crippen molar-refractivity contribution in [3.63, 3.8) is 0 Å². The lowest BCUT2D eigenvalue weighted by atomic mass is 10.0. The van der Waals surface area contributed by atoms with E-state index >= 15 is 0 Å². The van der Waals surface area contributed by atoms with Crippen LogP contribution in [-0.4, -0.2) is 44.1 Å². The van der Waals surface area contributed by atoms with Gasteiger partial charge in [-0.2, -0.15) is 5.10 Å². The number of nitrogens with zero attached hydrogens (tertiary/aromatic N) is 4. The molecule has 1 aliphatic carbocycles. The molecule has 31 heavy (non-hydrogen) atoms. The Balaban J connectivity index is 1.19. The zero-order valence-corrected chi connectivity index (χ0v) is 17.9. The fraction of sp³-hybridized carbons (Fsp3) is 0.500. The van der Waals surface area contributed by atoms with Crippen molar-refractivity contribution < 1.29 is 4.79 Å². The molecule has 7 nitrogen and oxygen atoms in total. The molecule has 4 heterocycles. The number of aromatic nitrogens is 4. The van der Waals surface area contributed by atoms with E-state index in [0.29, 0.717) is 24.8 Å². The SMILES string of the molecule is O=C(CCC1CCCC1)N1CC[C@H](c2ccc3c(NCc4ccccn4)n[nH]c3n2)C1. The second-order valence-electron chi connectivity index (χ2n) is 8.89. The zero-order chi connectivity index (χ0) is 21.0. The normalized spacial score (nSPS) is 19.4. The summed E-state index contributed by atoms with van der Waals surface area (Å²) in [6.07, 6.45) is 9.83. The lowest BCUT2D eigenvalue weighted by molar-refractivity contribution is -0.130. The van der Waals surface area contributed by atoms with E-state index in [1.807, 2.05) is 23.1 Å². The molecule has 5 rings (SSSR count). The van der Waals surface area contributed by atoms with Crippen LogP contribution in [0.3, 0.4) is 0 Å². The average Bonchev–Trinajstić information content (AvgIpc) is 3.57. The zero-order valence-electron chi connectivity index (χ0n) is 17.9. The van der Waals surface area contributed by atoms with Crippen LogP contribution in [0.1, 0.15) is 62.3 Å². The number of hydrogen-bond acceptors (Lipinski definition) is 5. The third-order valence-electron chi connectivity index (χ3n) is 6.81. The molecule has 1 atom stereocenters. The summed E-state index contributed by atoms with van der Waals surface area (Å²) < 4.78 is 0. The molecule has 0 unspecified atom stereocenters. The lowest BCUT2D eigenvalue weighted by Crippen LogP contribution is -2.28. The molecule has 1 aliphatic heterocycles. The Morgan fingerprint density at radius 3 is 2.90 bits per heavy atom. The quantitative estimate of drug-likeness (QED) is 0.599. The number of nitrogens with one attached hydrogen (secondary N) is 2. The summed E-state index contributed by atoms with van der Waals surface area (Å²) in [5.41, 5.74) is 2.79. The van der Waals surface area contributed by atoms with Gasteiger partial charge < -0.3 is 10.2 Å². The number of pyridine rings is 2. The van der Waals surface area contributed by atoms with Crippen molar-refractivity contribution in [2.24, 2.45) is 5.92 Å². The van der Waals surface area contributed by atoms with Crippen LogP contribution in [0.15, 0.2) is 36.5 Å². The highest BCUT2D eigenvalue weighted by atomic mass is 16.2. The molecule has 0 radical (unpaired) electrons. The van der Waals surface area contributed by atoms with Crippen LogP contribution in [0, 0.1) is 5.92 Å². The molecule has 162 valence electrons. The van der Waals surface area contributed by atoms with Gasteiger partial charge in [0, 0.05) is 37.3 Å². The third-order valence-corrected chi connectivity index (χ3v) is 6.81. The first-order valence-electron chi connectivity index (χ1n) is 11.5. The van der Waals surface area contributed by atoms with Gasteiger partial charge in [-0.25, -0.2) is 4.98 Å². The van der Waals surface area contributed by atoms with Gasteiger partial charge in [-0.1, -0.05) is 31.7 Å². The topological polar surface area (TPSA) is 86.8 Å². The van der Waals surface area contributed by atoms with Gasteiger partial charge in [-0.15, -0.1) is 0 Å². The number of aromatic amines is 1. The van der Waals surface area contributed by atoms with E-state index in [-0.39, 0.29) is 0 Å². The van der Waals surface area contributed by atoms with Crippen LogP contribution in [-0.2, 0) is 11.3 Å². The molecule has 0 bridgehead atoms. The van der Waals surface area contributed by atoms with Crippen LogP contribution in [0.5, 0.6) is 0 Å². The Morgan fingerprint density at radius 2 is 2.06 bits per heavy atom. The number of rotatable bonds is 7. The number of hydrogen-bond donors (Lipinski definition) is 2. The maximum Gasteiger partial charge on any atom is 0.222 e. The van der Waals surface area contributed by atoms with Gasteiger partial charge >= 0.3 is 0 Å². The van der Waals surface area contributed by atoms with Crippen molar-refractivity contribution >= 4 is 22.8 Å². The van der Waals surface area contributed by atoms with E-state index in [2.05, 4.69) is 32.6 Å². The van der Waals surface area contributed by atoms with Crippen molar-refractivity contribution in [2.75, 3.05) is 18.4 Å². The number of carbonyl (C=O) groups excluding carboxylic acids is 1. The highest BCUT2D eigenvalue weighted by Gasteiger charge is 2.29. The van der Waals surface area contributed by atoms with Gasteiger partial charge in [-0.3, -0.25) is 14.9 Å². The van der Waals surface area contributed by atoms with Crippen LogP contribution in [0.4, 0.5) is 5.82 Å². The number of H-pyrrole nitrogens is 1. The first-order chi connectivity index (χ1) is 15.3. The second-order valence-corrected chi connectivity index (χ2v) is 8.89. The molecule has 0 aromatic carbocycles. The Bertz CT molecular complexity index is 1030. The molecule has 2 aliphatic rings. The number of likely N-dealkylation sites (tertiary alicyclic amines) is 1. The number of anilines is 1. The number of carbonyl (C=O) groups is 1. The minimum absolute atomic E-state index is 0.299. The predicted octanol–water partition coefficient (Wildman–Crippen LogP) is 4.25. The molecular formula is C24H30N6O. The Kier molecular flexibility index (Phi) is 5.82. The highest BCUT2D eigenvalue weighted by molar-refractivity contribution is 5.87. The van der Waals surface area contributed by atoms with E-state index < -0.39 is 0 Å². The largest absolute Gasteiger partial charge is 0.362 e. The van der Waals surface area contributed by atoms with Gasteiger partial charge in [-0.05, 0) is 43.0 Å². The van der Waals surface area contributed by atoms with Crippen LogP contribution < -0.4 is 5.32 Å². The van der Waals surface area contributed by atoms with E-state index in [4.69, 9.17) is 4.98 Å². The Hall–Kier alpha value is -2.96. The summed E-state index contributed by atoms with van der Waals surface area (Å²) in [6, 6.07) is 10.0. The molecule has 0 spiro atoms. The highest BCUT2D eigenvalue weighted by Crippen LogP contribution is 2.31. The first-order valence-corrected chi connectivity index (χ1v) is 11.5. The molecule has 3 aromatic rings. The molecular weight excluding hydrogens is 388 g/mol. The second kappa shape index (κ2) is 9.04. The van der Waals surface area contributed by atoms with Crippen LogP contribution >= 0.6 is 0 Å². The summed E-state index contributed by atoms with van der Waals surface area (Å²) >= 11 is 0. The summed E-state index contributed by atoms with van der Waals surface area (Å²) in [4.78, 5) is 23.9. The Morgan fingerprint density at radius 1 is 1.16 bits per heavy atom. The van der Waals surface area contributed by atoms with E-state index in [1.54, 1.807) is 6.20 Å². The van der Waals surface area contributed by atoms with Crippen molar-refractivity contribution in [1.29, 1.82) is 0 Å². The fourth-order valence-corrected chi connectivity index (χ4v) is 4.97. The predicted molar refractivity (Wildman–Crippen MR) is 121 cm³/mol. The van der Waals surface area contributed by atoms with E-state index in [1.165, 1.54) is 25.7 Å². The lowest BCUT2D eigenvalue weighted by Gasteiger charge is -2.17. The van der Waals surface area contributed by atoms with Gasteiger partial charge in [0.2, 0.25) is 5.91 Å². The summed E-state index contributed by atoms with van der Waals surface area (Å²) in [7, 11) is 0. The first kappa shape index (κ1) is 20.0. The fourth-order valence-electron chi connectivity index (χ4n) is 4.97. The average molecular weight is 419 g/mol. The maximum absolute atomic E-state index is 12.7. The molecule has 2 fully saturated rings. The van der Waals surface area contributed by atoms with Gasteiger partial charge in [0.25, 0.3) is 0 Å². The minimum atomic E-state index is 0.299. The summed E-state index contributed by atoms with van der Waals surface area (Å²) in [6.45, 7) is 2.23. The van der Waals surface area contributed by atoms with Crippen molar-refractivity contribution in [2.45, 2.75) is 57.4 Å². The molecule has 7 heteroatoms. The molecule has 2 N–H and O–H groups in total. The van der Waals surface area contributed by atoms with Crippen molar-refractivity contribution in [3.8, 4) is 0 Å². The minimum Gasteiger partial charge on any atom is -0.362 e. The monoisotopic (exact) mass is 418 g/mol. The van der Waals surface area contributed by atoms with E-state index in [9.17, 15) is 4.79 Å². The van der Waals surface area contributed by atoms with Crippen molar-refractivity contribution in [3.05, 3.63) is 47.9 Å². The molecule has 1 amide bonds. The van der Waals surface area contributed by atoms with Crippen molar-refractivity contribution in [1.82, 2.24) is 25.1 Å². The van der Waals surface area contributed by atoms with Gasteiger partial charge in [0.05, 0.1) is 17.6 Å². The summed E-state index contributed by atoms with van der Waals surface area (Å²) in [5, 5.41) is 11.8. The standard InChI is InChI=1S/C24H30N6O/c31-22(11-8-17-5-1-2-6-17)30-14-12-18(16-30)21-10-9-20-23(28-29-24(20)27-21)26-15-19-7-3-4-13-25-19/h3-4,7,9-10,13,17-18H,1-2,5-6,8,11-12,14-16H2,(H2,26,27,28,29)/t18-/m0/s1. The van der Waals surface area contributed by atoms with Gasteiger partial charge in [0.1, 0.15) is 0 Å². The van der Waals surface area contributed by atoms with Gasteiger partial charge in [0.15, 0.2) is 11.5 Å². The van der Waals surface area contributed by atoms with E-state index in [0.717, 1.165) is 60.1 Å². The molecule has 1 saturated heterocycles. The molecule has 3 aromatic heterocycles. The van der Waals surface area contributed by atoms with Crippen LogP contribution in [0.25, 0.3) is 11.0 Å². The van der Waals surface area contributed by atoms with Crippen LogP contribution in [0.2, 0.25) is 0 Å². The number of fused-ring (bicyclic) bond motifs is 1. The Labute approximate surface area is 182 Å². The third kappa shape index (κ3) is 4.55. The maximum atomic E-state index is 12.7. The molecule has 1 saturated carbocycles.